The number of anilines is 2. The third-order valence-electron chi connectivity index (χ3n) is 5.43. The van der Waals surface area contributed by atoms with Gasteiger partial charge in [-0.05, 0) is 73.0 Å². The molecule has 48 heavy (non-hydrogen) atoms. The first-order valence-electron chi connectivity index (χ1n) is 13.5. The summed E-state index contributed by atoms with van der Waals surface area (Å²) in [6.07, 6.45) is -8.39. The zero-order valence-corrected chi connectivity index (χ0v) is 28.7. The van der Waals surface area contributed by atoms with Crippen molar-refractivity contribution in [3.8, 4) is 0 Å². The molecule has 2 rings (SSSR count). The molecule has 0 bridgehead atoms. The number of hydrogen-bond acceptors (Lipinski definition) is 12. The van der Waals surface area contributed by atoms with Gasteiger partial charge in [-0.1, -0.05) is 23.2 Å². The van der Waals surface area contributed by atoms with Crippen LogP contribution in [-0.2, 0) is 47.7 Å². The van der Waals surface area contributed by atoms with Gasteiger partial charge in [0.1, 0.15) is 0 Å². The molecule has 2 amide bonds. The Morgan fingerprint density at radius 3 is 1.08 bits per heavy atom. The maximum absolute atomic E-state index is 13.4. The minimum Gasteiger partial charge on any atom is -0.454 e. The lowest BCUT2D eigenvalue weighted by Gasteiger charge is -2.34. The molecule has 2 aromatic rings. The summed E-state index contributed by atoms with van der Waals surface area (Å²) in [5, 5.41) is 6.16. The summed E-state index contributed by atoms with van der Waals surface area (Å²) >= 11 is 22.1. The summed E-state index contributed by atoms with van der Waals surface area (Å²) in [7, 11) is 0. The summed E-state index contributed by atoms with van der Waals surface area (Å²) in [5.74, 6) is -6.62. The number of ether oxygens (including phenoxy) is 4. The van der Waals surface area contributed by atoms with Crippen molar-refractivity contribution in [2.24, 2.45) is 0 Å². The van der Waals surface area contributed by atoms with Crippen LogP contribution in [0.15, 0.2) is 48.5 Å². The second-order valence-corrected chi connectivity index (χ2v) is 11.0. The van der Waals surface area contributed by atoms with Crippen molar-refractivity contribution in [3.63, 3.8) is 0 Å². The average molecular weight is 746 g/mol. The van der Waals surface area contributed by atoms with Gasteiger partial charge in [0.25, 0.3) is 11.8 Å². The molecule has 16 nitrogen and oxygen atoms in total. The predicted octanol–water partition coefficient (Wildman–Crippen LogP) is 2.06. The number of rotatable bonds is 11. The zero-order chi connectivity index (χ0) is 36.0. The van der Waals surface area contributed by atoms with Gasteiger partial charge in [-0.15, -0.1) is 0 Å². The van der Waals surface area contributed by atoms with E-state index in [4.69, 9.17) is 66.6 Å². The van der Waals surface area contributed by atoms with Crippen LogP contribution in [0, 0.1) is 0 Å². The van der Waals surface area contributed by atoms with Crippen molar-refractivity contribution in [2.75, 3.05) is 10.6 Å². The maximum atomic E-state index is 13.4. The van der Waals surface area contributed by atoms with Gasteiger partial charge < -0.3 is 29.6 Å². The fraction of sp³-hybridized carbons (Fsp3) is 0.286. The van der Waals surface area contributed by atoms with Gasteiger partial charge in [-0.2, -0.15) is 0 Å². The summed E-state index contributed by atoms with van der Waals surface area (Å²) in [6.45, 7) is 3.71. The van der Waals surface area contributed by atoms with E-state index in [1.807, 2.05) is 0 Å². The SMILES string of the molecule is CC(=O)OC(C(=O)NNC(=S)Nc1ccc(Cl)cc1)C(OC(C)=O)C(OC(C)=O)C(OC(C)=O)C(=O)NNC(=S)Nc1ccc(Cl)cc1. The zero-order valence-electron chi connectivity index (χ0n) is 25.6. The van der Waals surface area contributed by atoms with Crippen molar-refractivity contribution in [1.82, 2.24) is 21.7 Å². The van der Waals surface area contributed by atoms with Gasteiger partial charge in [0, 0.05) is 49.1 Å². The topological polar surface area (TPSA) is 212 Å². The summed E-state index contributed by atoms with van der Waals surface area (Å²) in [5.41, 5.74) is 10.1. The number of carbonyl (C=O) groups excluding carboxylic acids is 6. The minimum absolute atomic E-state index is 0.140. The monoisotopic (exact) mass is 744 g/mol. The number of benzene rings is 2. The van der Waals surface area contributed by atoms with Crippen LogP contribution in [0.25, 0.3) is 0 Å². The molecular formula is C28H30Cl2N6O10S2. The number of esters is 4. The van der Waals surface area contributed by atoms with E-state index < -0.39 is 60.1 Å². The van der Waals surface area contributed by atoms with Gasteiger partial charge in [-0.25, -0.2) is 0 Å². The number of halogens is 2. The Bertz CT molecular complexity index is 1420. The predicted molar refractivity (Wildman–Crippen MR) is 180 cm³/mol. The maximum Gasteiger partial charge on any atom is 0.303 e. The fourth-order valence-corrected chi connectivity index (χ4v) is 4.24. The number of amides is 2. The minimum atomic E-state index is -2.12. The van der Waals surface area contributed by atoms with Crippen LogP contribution in [-0.4, -0.2) is 70.3 Å². The Labute approximate surface area is 294 Å². The molecule has 4 unspecified atom stereocenters. The van der Waals surface area contributed by atoms with Gasteiger partial charge in [0.2, 0.25) is 12.2 Å². The Morgan fingerprint density at radius 2 is 0.812 bits per heavy atom. The molecular weight excluding hydrogens is 715 g/mol. The molecule has 258 valence electrons. The van der Waals surface area contributed by atoms with Crippen LogP contribution in [0.2, 0.25) is 10.0 Å². The number of thiocarbonyl (C=S) groups is 2. The van der Waals surface area contributed by atoms with E-state index in [-0.39, 0.29) is 10.2 Å². The van der Waals surface area contributed by atoms with Crippen LogP contribution in [0.5, 0.6) is 0 Å². The van der Waals surface area contributed by atoms with Crippen molar-refractivity contribution in [1.29, 1.82) is 0 Å². The standard InChI is InChI=1S/C28H30Cl2N6O10S2/c1-13(37)43-21(23(45-15(3)39)25(41)33-35-27(47)31-19-9-5-17(29)6-10-19)22(44-14(2)38)24(46-16(4)40)26(42)34-36-28(48)32-20-11-7-18(30)8-12-20/h5-12,21-24H,1-4H3,(H,33,41)(H,34,42)(H2,31,35,47)(H2,32,36,48). The third kappa shape index (κ3) is 13.9. The molecule has 0 aromatic heterocycles. The van der Waals surface area contributed by atoms with Crippen LogP contribution in [0.4, 0.5) is 11.4 Å². The first kappa shape index (κ1) is 39.4. The Balaban J connectivity index is 2.36. The molecule has 6 N–H and O–H groups in total. The Hall–Kier alpha value is -4.78. The molecule has 0 saturated carbocycles. The van der Waals surface area contributed by atoms with Crippen molar-refractivity contribution >= 4 is 105 Å². The second kappa shape index (κ2) is 19.1. The van der Waals surface area contributed by atoms with Gasteiger partial charge in [0.05, 0.1) is 0 Å². The molecule has 4 atom stereocenters. The fourth-order valence-electron chi connectivity index (χ4n) is 3.65. The first-order valence-corrected chi connectivity index (χ1v) is 15.1. The lowest BCUT2D eigenvalue weighted by atomic mass is 10.0. The Kier molecular flexibility index (Phi) is 15.7. The van der Waals surface area contributed by atoms with Crippen molar-refractivity contribution in [3.05, 3.63) is 58.6 Å². The summed E-state index contributed by atoms with van der Waals surface area (Å²) < 4.78 is 20.8. The molecule has 0 aliphatic rings. The lowest BCUT2D eigenvalue weighted by Crippen LogP contribution is -2.61. The van der Waals surface area contributed by atoms with E-state index in [0.29, 0.717) is 21.4 Å². The van der Waals surface area contributed by atoms with E-state index in [1.165, 1.54) is 0 Å². The van der Waals surface area contributed by atoms with E-state index in [9.17, 15) is 28.8 Å². The molecule has 0 saturated heterocycles. The average Bonchev–Trinajstić information content (AvgIpc) is 3.00. The smallest absolute Gasteiger partial charge is 0.303 e. The second-order valence-electron chi connectivity index (χ2n) is 9.36. The van der Waals surface area contributed by atoms with Crippen LogP contribution >= 0.6 is 47.6 Å². The van der Waals surface area contributed by atoms with E-state index >= 15 is 0 Å². The summed E-state index contributed by atoms with van der Waals surface area (Å²) in [6, 6.07) is 12.7. The molecule has 0 aliphatic heterocycles. The molecule has 0 heterocycles. The number of hydrazine groups is 2. The Morgan fingerprint density at radius 1 is 0.521 bits per heavy atom. The summed E-state index contributed by atoms with van der Waals surface area (Å²) in [4.78, 5) is 75.4. The van der Waals surface area contributed by atoms with Gasteiger partial charge >= 0.3 is 23.9 Å². The van der Waals surface area contributed by atoms with Crippen molar-refractivity contribution in [2.45, 2.75) is 52.1 Å². The molecule has 0 aliphatic carbocycles. The molecule has 2 aromatic carbocycles. The highest BCUT2D eigenvalue weighted by Crippen LogP contribution is 2.21. The lowest BCUT2D eigenvalue weighted by molar-refractivity contribution is -0.200. The molecule has 0 spiro atoms. The highest BCUT2D eigenvalue weighted by Gasteiger charge is 2.49. The quantitative estimate of drug-likeness (QED) is 0.0841. The van der Waals surface area contributed by atoms with E-state index in [0.717, 1.165) is 27.7 Å². The molecule has 0 fully saturated rings. The van der Waals surface area contributed by atoms with Crippen LogP contribution < -0.4 is 32.3 Å². The van der Waals surface area contributed by atoms with Gasteiger partial charge in [-0.3, -0.25) is 50.5 Å². The molecule has 0 radical (unpaired) electrons. The number of nitrogens with one attached hydrogen (secondary N) is 6. The highest BCUT2D eigenvalue weighted by molar-refractivity contribution is 7.80. The number of carbonyl (C=O) groups is 6. The van der Waals surface area contributed by atoms with Gasteiger partial charge in [0.15, 0.2) is 22.4 Å². The highest BCUT2D eigenvalue weighted by atomic mass is 35.5. The van der Waals surface area contributed by atoms with Crippen LogP contribution in [0.1, 0.15) is 27.7 Å². The van der Waals surface area contributed by atoms with Crippen LogP contribution in [0.3, 0.4) is 0 Å². The third-order valence-corrected chi connectivity index (χ3v) is 6.34. The van der Waals surface area contributed by atoms with E-state index in [1.54, 1.807) is 48.5 Å². The van der Waals surface area contributed by atoms with Crippen molar-refractivity contribution < 1.29 is 47.7 Å². The normalized spacial score (nSPS) is 12.7. The molecule has 20 heteroatoms. The first-order chi connectivity index (χ1) is 22.5. The largest absolute Gasteiger partial charge is 0.454 e. The number of hydrogen-bond donors (Lipinski definition) is 6. The van der Waals surface area contributed by atoms with E-state index in [2.05, 4.69) is 32.3 Å².